The van der Waals surface area contributed by atoms with Crippen LogP contribution in [0.15, 0.2) is 11.8 Å². The van der Waals surface area contributed by atoms with Gasteiger partial charge in [-0.25, -0.2) is 0 Å². The Balaban J connectivity index is 2.62. The third-order valence-corrected chi connectivity index (χ3v) is 5.81. The monoisotopic (exact) mass is 516 g/mol. The lowest BCUT2D eigenvalue weighted by molar-refractivity contribution is -0.269. The molecule has 0 saturated carbocycles. The zero-order valence-corrected chi connectivity index (χ0v) is 21.3. The molecule has 0 aromatic rings. The van der Waals surface area contributed by atoms with Gasteiger partial charge in [0.15, 0.2) is 29.9 Å². The molecule has 1 heterocycles. The molecule has 2 rings (SSSR count). The van der Waals surface area contributed by atoms with Crippen LogP contribution in [0.2, 0.25) is 0 Å². The van der Waals surface area contributed by atoms with Crippen molar-refractivity contribution in [2.75, 3.05) is 27.9 Å². The molecule has 0 unspecified atom stereocenters. The van der Waals surface area contributed by atoms with Gasteiger partial charge in [-0.1, -0.05) is 0 Å². The lowest BCUT2D eigenvalue weighted by atomic mass is 9.78. The SMILES string of the molecule is COC1=CC(=O)[C@@H]([C@@H]2O[C@H](COC(C)=O)[C@@H](OC(C)=O)[C@H](OC(C)=O)[C@H]2OC(C)=O)CC1(OC)OC. The maximum absolute atomic E-state index is 13.2. The molecule has 0 aromatic heterocycles. The van der Waals surface area contributed by atoms with E-state index in [4.69, 9.17) is 37.9 Å². The van der Waals surface area contributed by atoms with Crippen LogP contribution in [0.25, 0.3) is 0 Å². The minimum Gasteiger partial charge on any atom is -0.495 e. The van der Waals surface area contributed by atoms with Crippen molar-refractivity contribution in [3.8, 4) is 0 Å². The number of carbonyl (C=O) groups is 5. The van der Waals surface area contributed by atoms with Crippen LogP contribution in [-0.4, -0.2) is 93.9 Å². The number of allylic oxidation sites excluding steroid dienone is 1. The van der Waals surface area contributed by atoms with Crippen molar-refractivity contribution in [1.82, 2.24) is 0 Å². The number of rotatable bonds is 9. The second kappa shape index (κ2) is 12.3. The third kappa shape index (κ3) is 6.59. The largest absolute Gasteiger partial charge is 0.495 e. The number of esters is 4. The molecule has 0 N–H and O–H groups in total. The smallest absolute Gasteiger partial charge is 0.303 e. The Morgan fingerprint density at radius 2 is 1.39 bits per heavy atom. The van der Waals surface area contributed by atoms with E-state index in [9.17, 15) is 24.0 Å². The normalized spacial score (nSPS) is 29.4. The molecular formula is C23H32O13. The highest BCUT2D eigenvalue weighted by atomic mass is 16.7. The molecule has 36 heavy (non-hydrogen) atoms. The minimum atomic E-state index is -1.48. The summed E-state index contributed by atoms with van der Waals surface area (Å²) >= 11 is 0. The van der Waals surface area contributed by atoms with E-state index in [1.165, 1.54) is 34.3 Å². The average molecular weight is 516 g/mol. The molecule has 2 aliphatic rings. The Labute approximate surface area is 208 Å². The third-order valence-electron chi connectivity index (χ3n) is 5.81. The van der Waals surface area contributed by atoms with E-state index in [-0.39, 0.29) is 12.2 Å². The molecule has 6 atom stereocenters. The highest BCUT2D eigenvalue weighted by Gasteiger charge is 2.58. The molecule has 13 heteroatoms. The van der Waals surface area contributed by atoms with E-state index in [1.807, 2.05) is 0 Å². The predicted octanol–water partition coefficient (Wildman–Crippen LogP) is 0.220. The van der Waals surface area contributed by atoms with E-state index in [0.717, 1.165) is 20.8 Å². The van der Waals surface area contributed by atoms with Gasteiger partial charge in [0.25, 0.3) is 0 Å². The quantitative estimate of drug-likeness (QED) is 0.233. The number of carbonyl (C=O) groups excluding carboxylic acids is 5. The van der Waals surface area contributed by atoms with E-state index in [0.29, 0.717) is 0 Å². The lowest BCUT2D eigenvalue weighted by Crippen LogP contribution is -2.65. The molecule has 0 radical (unpaired) electrons. The van der Waals surface area contributed by atoms with Gasteiger partial charge in [-0.15, -0.1) is 0 Å². The summed E-state index contributed by atoms with van der Waals surface area (Å²) < 4.78 is 43.8. The predicted molar refractivity (Wildman–Crippen MR) is 117 cm³/mol. The highest BCUT2D eigenvalue weighted by molar-refractivity contribution is 5.94. The molecule has 0 bridgehead atoms. The first-order chi connectivity index (χ1) is 16.9. The number of hydrogen-bond donors (Lipinski definition) is 0. The average Bonchev–Trinajstić information content (AvgIpc) is 2.79. The first kappa shape index (κ1) is 29.2. The highest BCUT2D eigenvalue weighted by Crippen LogP contribution is 2.41. The summed E-state index contributed by atoms with van der Waals surface area (Å²) in [4.78, 5) is 60.7. The van der Waals surface area contributed by atoms with Crippen LogP contribution < -0.4 is 0 Å². The molecule has 1 aliphatic heterocycles. The van der Waals surface area contributed by atoms with Crippen molar-refractivity contribution in [2.45, 2.75) is 70.4 Å². The van der Waals surface area contributed by atoms with Gasteiger partial charge in [0.1, 0.15) is 18.8 Å². The van der Waals surface area contributed by atoms with E-state index in [2.05, 4.69) is 0 Å². The Kier molecular flexibility index (Phi) is 9.96. The zero-order chi connectivity index (χ0) is 27.2. The molecular weight excluding hydrogens is 484 g/mol. The molecule has 202 valence electrons. The van der Waals surface area contributed by atoms with Crippen LogP contribution in [0.5, 0.6) is 0 Å². The van der Waals surface area contributed by atoms with Crippen molar-refractivity contribution < 1.29 is 61.9 Å². The number of hydrogen-bond acceptors (Lipinski definition) is 13. The fourth-order valence-corrected chi connectivity index (χ4v) is 4.37. The fourth-order valence-electron chi connectivity index (χ4n) is 4.37. The second-order valence-electron chi connectivity index (χ2n) is 8.25. The first-order valence-electron chi connectivity index (χ1n) is 11.1. The number of methoxy groups -OCH3 is 3. The van der Waals surface area contributed by atoms with Crippen molar-refractivity contribution in [1.29, 1.82) is 0 Å². The summed E-state index contributed by atoms with van der Waals surface area (Å²) in [5.41, 5.74) is 0. The second-order valence-corrected chi connectivity index (χ2v) is 8.25. The van der Waals surface area contributed by atoms with Crippen LogP contribution in [0.1, 0.15) is 34.1 Å². The van der Waals surface area contributed by atoms with Crippen LogP contribution in [0, 0.1) is 5.92 Å². The molecule has 1 aliphatic carbocycles. The Morgan fingerprint density at radius 3 is 1.86 bits per heavy atom. The van der Waals surface area contributed by atoms with E-state index >= 15 is 0 Å². The van der Waals surface area contributed by atoms with Gasteiger partial charge in [0, 0.05) is 54.4 Å². The molecule has 0 aromatic carbocycles. The summed E-state index contributed by atoms with van der Waals surface area (Å²) in [7, 11) is 4.06. The maximum Gasteiger partial charge on any atom is 0.303 e. The van der Waals surface area contributed by atoms with E-state index < -0.39 is 78.5 Å². The summed E-state index contributed by atoms with van der Waals surface area (Å²) in [6.07, 6.45) is -5.50. The summed E-state index contributed by atoms with van der Waals surface area (Å²) in [6.45, 7) is 4.11. The van der Waals surface area contributed by atoms with Crippen molar-refractivity contribution in [3.63, 3.8) is 0 Å². The fraction of sp³-hybridized carbons (Fsp3) is 0.696. The van der Waals surface area contributed by atoms with Gasteiger partial charge < -0.3 is 37.9 Å². The van der Waals surface area contributed by atoms with Gasteiger partial charge in [0.2, 0.25) is 5.79 Å². The molecule has 1 saturated heterocycles. The Hall–Kier alpha value is -3.03. The summed E-state index contributed by atoms with van der Waals surface area (Å²) in [6, 6.07) is 0. The van der Waals surface area contributed by atoms with Crippen LogP contribution in [0.4, 0.5) is 0 Å². The Morgan fingerprint density at radius 1 is 0.861 bits per heavy atom. The topological polar surface area (TPSA) is 159 Å². The molecule has 0 spiro atoms. The van der Waals surface area contributed by atoms with Crippen LogP contribution >= 0.6 is 0 Å². The minimum absolute atomic E-state index is 0.111. The maximum atomic E-state index is 13.2. The lowest BCUT2D eigenvalue weighted by Gasteiger charge is -2.48. The van der Waals surface area contributed by atoms with Gasteiger partial charge in [-0.2, -0.15) is 0 Å². The van der Waals surface area contributed by atoms with Gasteiger partial charge in [-0.05, 0) is 0 Å². The molecule has 13 nitrogen and oxygen atoms in total. The van der Waals surface area contributed by atoms with Crippen molar-refractivity contribution in [2.24, 2.45) is 5.92 Å². The van der Waals surface area contributed by atoms with Gasteiger partial charge in [0.05, 0.1) is 13.0 Å². The Bertz CT molecular complexity index is 890. The van der Waals surface area contributed by atoms with Crippen LogP contribution in [-0.2, 0) is 61.9 Å². The number of ether oxygens (including phenoxy) is 8. The standard InChI is InChI=1S/C23H32O13/c1-11(24)32-10-17-20(33-12(2)25)22(35-14(4)27)21(34-13(3)26)19(36-17)15-9-23(30-6,31-7)18(29-5)8-16(15)28/h8,15,17,19-22H,9-10H2,1-7H3/t15-,17+,19-,20+,21-,22-/m0/s1. The summed E-state index contributed by atoms with van der Waals surface area (Å²) in [5, 5.41) is 0. The molecule has 0 amide bonds. The number of ketones is 1. The van der Waals surface area contributed by atoms with Crippen molar-refractivity contribution >= 4 is 29.7 Å². The molecule has 1 fully saturated rings. The summed E-state index contributed by atoms with van der Waals surface area (Å²) in [5.74, 6) is -5.87. The first-order valence-corrected chi connectivity index (χ1v) is 11.1. The zero-order valence-electron chi connectivity index (χ0n) is 21.3. The van der Waals surface area contributed by atoms with Crippen molar-refractivity contribution in [3.05, 3.63) is 11.8 Å². The van der Waals surface area contributed by atoms with E-state index in [1.54, 1.807) is 0 Å². The van der Waals surface area contributed by atoms with Gasteiger partial charge >= 0.3 is 23.9 Å². The van der Waals surface area contributed by atoms with Gasteiger partial charge in [-0.3, -0.25) is 24.0 Å². The van der Waals surface area contributed by atoms with Crippen LogP contribution in [0.3, 0.4) is 0 Å².